The Balaban J connectivity index is 1.54. The summed E-state index contributed by atoms with van der Waals surface area (Å²) >= 11 is 0. The van der Waals surface area contributed by atoms with E-state index in [2.05, 4.69) is 15.5 Å². The number of piperidine rings is 1. The molecule has 1 saturated heterocycles. The molecule has 0 aliphatic carbocycles. The first-order valence-electron chi connectivity index (χ1n) is 8.46. The summed E-state index contributed by atoms with van der Waals surface area (Å²) in [4.78, 5) is 29.7. The number of aromatic nitrogens is 2. The van der Waals surface area contributed by atoms with E-state index in [-0.39, 0.29) is 24.3 Å². The number of rotatable bonds is 4. The van der Waals surface area contributed by atoms with Crippen molar-refractivity contribution in [2.45, 2.75) is 39.2 Å². The molecule has 3 rings (SSSR count). The Bertz CT molecular complexity index is 763. The molecule has 7 heteroatoms. The van der Waals surface area contributed by atoms with Crippen LogP contribution in [0, 0.1) is 6.92 Å². The van der Waals surface area contributed by atoms with Crippen LogP contribution in [0.25, 0.3) is 0 Å². The van der Waals surface area contributed by atoms with Crippen LogP contribution in [0.5, 0.6) is 0 Å². The number of nitrogens with zero attached hydrogens (tertiary/aromatic N) is 3. The van der Waals surface area contributed by atoms with Crippen molar-refractivity contribution in [1.82, 2.24) is 20.4 Å². The van der Waals surface area contributed by atoms with Crippen LogP contribution in [0.2, 0.25) is 0 Å². The molecule has 7 nitrogen and oxygen atoms in total. The fourth-order valence-electron chi connectivity index (χ4n) is 3.00. The number of carbonyl (C=O) groups is 2. The summed E-state index contributed by atoms with van der Waals surface area (Å²) in [5.74, 6) is 1.18. The maximum atomic E-state index is 12.1. The lowest BCUT2D eigenvalue weighted by molar-refractivity contribution is -0.129. The van der Waals surface area contributed by atoms with E-state index in [9.17, 15) is 9.59 Å². The van der Waals surface area contributed by atoms with Crippen LogP contribution in [0.4, 0.5) is 0 Å². The highest BCUT2D eigenvalue weighted by Crippen LogP contribution is 2.25. The minimum atomic E-state index is -0.168. The van der Waals surface area contributed by atoms with Crippen molar-refractivity contribution in [2.75, 3.05) is 13.1 Å². The summed E-state index contributed by atoms with van der Waals surface area (Å²) in [6.45, 7) is 5.16. The van der Waals surface area contributed by atoms with Crippen LogP contribution >= 0.6 is 0 Å². The van der Waals surface area contributed by atoms with E-state index in [4.69, 9.17) is 4.52 Å². The Morgan fingerprint density at radius 2 is 2.08 bits per heavy atom. The number of benzene rings is 1. The van der Waals surface area contributed by atoms with Crippen molar-refractivity contribution in [3.8, 4) is 0 Å². The maximum absolute atomic E-state index is 12.1. The number of nitrogens with one attached hydrogen (secondary N) is 1. The van der Waals surface area contributed by atoms with E-state index in [1.807, 2.05) is 30.0 Å². The number of amides is 2. The van der Waals surface area contributed by atoms with Crippen LogP contribution in [0.3, 0.4) is 0 Å². The number of hydrogen-bond acceptors (Lipinski definition) is 5. The molecule has 2 aromatic rings. The zero-order valence-electron chi connectivity index (χ0n) is 14.5. The molecule has 1 aliphatic rings. The summed E-state index contributed by atoms with van der Waals surface area (Å²) in [5, 5.41) is 6.83. The van der Waals surface area contributed by atoms with Crippen molar-refractivity contribution in [3.05, 3.63) is 47.1 Å². The number of carbonyl (C=O) groups excluding carboxylic acids is 2. The van der Waals surface area contributed by atoms with Gasteiger partial charge in [0.05, 0.1) is 6.54 Å². The smallest absolute Gasteiger partial charge is 0.251 e. The van der Waals surface area contributed by atoms with E-state index >= 15 is 0 Å². The lowest BCUT2D eigenvalue weighted by Crippen LogP contribution is -2.36. The lowest BCUT2D eigenvalue weighted by atomic mass is 9.96. The highest BCUT2D eigenvalue weighted by molar-refractivity contribution is 5.94. The third kappa shape index (κ3) is 4.23. The molecule has 2 amide bonds. The normalized spacial score (nSPS) is 15.2. The zero-order chi connectivity index (χ0) is 17.8. The third-order valence-electron chi connectivity index (χ3n) is 4.47. The van der Waals surface area contributed by atoms with Crippen LogP contribution < -0.4 is 5.32 Å². The van der Waals surface area contributed by atoms with Crippen LogP contribution in [-0.4, -0.2) is 39.9 Å². The molecule has 0 radical (unpaired) electrons. The second-order valence-corrected chi connectivity index (χ2v) is 6.38. The summed E-state index contributed by atoms with van der Waals surface area (Å²) < 4.78 is 5.25. The largest absolute Gasteiger partial charge is 0.343 e. The minimum absolute atomic E-state index is 0.103. The van der Waals surface area contributed by atoms with Crippen molar-refractivity contribution in [3.63, 3.8) is 0 Å². The summed E-state index contributed by atoms with van der Waals surface area (Å²) in [5.41, 5.74) is 1.64. The molecule has 25 heavy (non-hydrogen) atoms. The average Bonchev–Trinajstić information content (AvgIpc) is 3.08. The van der Waals surface area contributed by atoms with Gasteiger partial charge in [0.15, 0.2) is 5.82 Å². The molecule has 1 aromatic carbocycles. The molecule has 2 heterocycles. The van der Waals surface area contributed by atoms with Crippen molar-refractivity contribution in [2.24, 2.45) is 0 Å². The molecule has 0 unspecified atom stereocenters. The number of hydrogen-bond donors (Lipinski definition) is 1. The molecule has 0 saturated carbocycles. The van der Waals surface area contributed by atoms with Gasteiger partial charge < -0.3 is 14.7 Å². The van der Waals surface area contributed by atoms with Gasteiger partial charge in [-0.05, 0) is 31.9 Å². The Kier molecular flexibility index (Phi) is 5.11. The molecule has 0 bridgehead atoms. The van der Waals surface area contributed by atoms with Gasteiger partial charge in [0.2, 0.25) is 11.8 Å². The molecular weight excluding hydrogens is 320 g/mol. The van der Waals surface area contributed by atoms with Gasteiger partial charge >= 0.3 is 0 Å². The van der Waals surface area contributed by atoms with Gasteiger partial charge in [-0.15, -0.1) is 0 Å². The Morgan fingerprint density at radius 1 is 1.32 bits per heavy atom. The molecule has 0 atom stereocenters. The maximum Gasteiger partial charge on any atom is 0.251 e. The zero-order valence-corrected chi connectivity index (χ0v) is 14.5. The second-order valence-electron chi connectivity index (χ2n) is 6.38. The Morgan fingerprint density at radius 3 is 2.76 bits per heavy atom. The summed E-state index contributed by atoms with van der Waals surface area (Å²) in [6, 6.07) is 7.39. The molecule has 1 aromatic heterocycles. The molecular formula is C18H22N4O3. The summed E-state index contributed by atoms with van der Waals surface area (Å²) in [6.07, 6.45) is 1.66. The van der Waals surface area contributed by atoms with Gasteiger partial charge in [0.25, 0.3) is 5.91 Å². The lowest BCUT2D eigenvalue weighted by Gasteiger charge is -2.29. The fourth-order valence-corrected chi connectivity index (χ4v) is 3.00. The van der Waals surface area contributed by atoms with Crippen LogP contribution in [0.15, 0.2) is 28.8 Å². The van der Waals surface area contributed by atoms with E-state index in [1.165, 1.54) is 0 Å². The quantitative estimate of drug-likeness (QED) is 0.918. The second kappa shape index (κ2) is 7.46. The first-order chi connectivity index (χ1) is 12.0. The molecule has 0 spiro atoms. The van der Waals surface area contributed by atoms with Gasteiger partial charge in [-0.3, -0.25) is 9.59 Å². The Labute approximate surface area is 146 Å². The van der Waals surface area contributed by atoms with Gasteiger partial charge in [-0.2, -0.15) is 4.98 Å². The van der Waals surface area contributed by atoms with Crippen LogP contribution in [0.1, 0.15) is 53.3 Å². The van der Waals surface area contributed by atoms with Gasteiger partial charge in [0.1, 0.15) is 0 Å². The van der Waals surface area contributed by atoms with Crippen LogP contribution in [-0.2, 0) is 11.3 Å². The first-order valence-corrected chi connectivity index (χ1v) is 8.46. The predicted octanol–water partition coefficient (Wildman–Crippen LogP) is 2.03. The van der Waals surface area contributed by atoms with Crippen molar-refractivity contribution in [1.29, 1.82) is 0 Å². The standard InChI is InChI=1S/C18H22N4O3/c1-12-4-3-5-15(10-12)18(24)19-11-16-20-17(21-25-16)14-6-8-22(9-7-14)13(2)23/h3-5,10,14H,6-9,11H2,1-2H3,(H,19,24). The van der Waals surface area contributed by atoms with E-state index in [0.29, 0.717) is 30.4 Å². The molecule has 1 fully saturated rings. The van der Waals surface area contributed by atoms with E-state index < -0.39 is 0 Å². The molecule has 132 valence electrons. The summed E-state index contributed by atoms with van der Waals surface area (Å²) in [7, 11) is 0. The van der Waals surface area contributed by atoms with Gasteiger partial charge in [-0.25, -0.2) is 0 Å². The topological polar surface area (TPSA) is 88.3 Å². The SMILES string of the molecule is CC(=O)N1CCC(c2noc(CNC(=O)c3cccc(C)c3)n2)CC1. The predicted molar refractivity (Wildman–Crippen MR) is 90.9 cm³/mol. The molecule has 1 aliphatic heterocycles. The van der Waals surface area contributed by atoms with E-state index in [1.54, 1.807) is 13.0 Å². The minimum Gasteiger partial charge on any atom is -0.343 e. The molecule has 1 N–H and O–H groups in total. The number of likely N-dealkylation sites (tertiary alicyclic amines) is 1. The fraction of sp³-hybridized carbons (Fsp3) is 0.444. The Hall–Kier alpha value is -2.70. The first kappa shape index (κ1) is 17.1. The number of aryl methyl sites for hydroxylation is 1. The van der Waals surface area contributed by atoms with Crippen molar-refractivity contribution < 1.29 is 14.1 Å². The van der Waals surface area contributed by atoms with Gasteiger partial charge in [0, 0.05) is 31.5 Å². The highest BCUT2D eigenvalue weighted by Gasteiger charge is 2.25. The van der Waals surface area contributed by atoms with E-state index in [0.717, 1.165) is 18.4 Å². The van der Waals surface area contributed by atoms with Crippen molar-refractivity contribution >= 4 is 11.8 Å². The van der Waals surface area contributed by atoms with Gasteiger partial charge in [-0.1, -0.05) is 22.9 Å². The monoisotopic (exact) mass is 342 g/mol. The third-order valence-corrected chi connectivity index (χ3v) is 4.47. The average molecular weight is 342 g/mol. The highest BCUT2D eigenvalue weighted by atomic mass is 16.5.